The normalized spacial score (nSPS) is 15.5. The van der Waals surface area contributed by atoms with E-state index in [-0.39, 0.29) is 17.3 Å². The molecule has 0 aliphatic carbocycles. The van der Waals surface area contributed by atoms with Crippen LogP contribution in [0.15, 0.2) is 35.1 Å². The van der Waals surface area contributed by atoms with Gasteiger partial charge in [0.25, 0.3) is 0 Å². The predicted molar refractivity (Wildman–Crippen MR) is 70.9 cm³/mol. The molecule has 0 spiro atoms. The van der Waals surface area contributed by atoms with Crippen molar-refractivity contribution in [3.63, 3.8) is 0 Å². The first-order valence-electron chi connectivity index (χ1n) is 5.91. The molecule has 1 aliphatic rings. The SMILES string of the molecule is Fc1c(Oc2ncccn2)ccc(Br)c1C1OCCO1. The Kier molecular flexibility index (Phi) is 3.90. The van der Waals surface area contributed by atoms with Crippen molar-refractivity contribution in [1.82, 2.24) is 9.97 Å². The predicted octanol–water partition coefficient (Wildman–Crippen LogP) is 3.22. The smallest absolute Gasteiger partial charge is 0.321 e. The largest absolute Gasteiger partial charge is 0.421 e. The van der Waals surface area contributed by atoms with E-state index in [0.29, 0.717) is 17.7 Å². The van der Waals surface area contributed by atoms with Gasteiger partial charge in [0.15, 0.2) is 17.9 Å². The second kappa shape index (κ2) is 5.82. The highest BCUT2D eigenvalue weighted by atomic mass is 79.9. The van der Waals surface area contributed by atoms with Crippen LogP contribution in [0, 0.1) is 5.82 Å². The third-order valence-electron chi connectivity index (χ3n) is 2.69. The lowest BCUT2D eigenvalue weighted by atomic mass is 10.2. The summed E-state index contributed by atoms with van der Waals surface area (Å²) in [6, 6.07) is 4.89. The van der Waals surface area contributed by atoms with E-state index in [1.807, 2.05) is 0 Å². The molecule has 0 N–H and O–H groups in total. The number of nitrogens with zero attached hydrogens (tertiary/aromatic N) is 2. The zero-order valence-corrected chi connectivity index (χ0v) is 11.8. The van der Waals surface area contributed by atoms with Gasteiger partial charge in [-0.05, 0) is 18.2 Å². The summed E-state index contributed by atoms with van der Waals surface area (Å²) in [4.78, 5) is 7.78. The van der Waals surface area contributed by atoms with Gasteiger partial charge in [0.2, 0.25) is 0 Å². The lowest BCUT2D eigenvalue weighted by Crippen LogP contribution is -2.05. The van der Waals surface area contributed by atoms with Crippen LogP contribution in [-0.4, -0.2) is 23.2 Å². The lowest BCUT2D eigenvalue weighted by Gasteiger charge is -2.14. The van der Waals surface area contributed by atoms with E-state index in [4.69, 9.17) is 14.2 Å². The van der Waals surface area contributed by atoms with E-state index in [2.05, 4.69) is 25.9 Å². The molecule has 1 saturated heterocycles. The van der Waals surface area contributed by atoms with Crippen molar-refractivity contribution >= 4 is 15.9 Å². The maximum absolute atomic E-state index is 14.5. The standard InChI is InChI=1S/C13H10BrFN2O3/c14-8-2-3-9(20-13-16-4-1-5-17-13)11(15)10(8)12-18-6-7-19-12/h1-5,12H,6-7H2. The molecule has 0 bridgehead atoms. The maximum atomic E-state index is 14.5. The molecular weight excluding hydrogens is 331 g/mol. The van der Waals surface area contributed by atoms with Gasteiger partial charge in [-0.25, -0.2) is 14.4 Å². The minimum absolute atomic E-state index is 0.0218. The van der Waals surface area contributed by atoms with E-state index in [1.54, 1.807) is 12.1 Å². The highest BCUT2D eigenvalue weighted by Gasteiger charge is 2.27. The Morgan fingerprint density at radius 3 is 2.60 bits per heavy atom. The summed E-state index contributed by atoms with van der Waals surface area (Å²) < 4.78 is 31.0. The molecule has 0 atom stereocenters. The molecule has 3 rings (SSSR count). The average molecular weight is 341 g/mol. The van der Waals surface area contributed by atoms with Crippen LogP contribution in [0.5, 0.6) is 11.8 Å². The van der Waals surface area contributed by atoms with Crippen LogP contribution in [0.2, 0.25) is 0 Å². The molecule has 104 valence electrons. The summed E-state index contributed by atoms with van der Waals surface area (Å²) in [5.74, 6) is -0.535. The number of hydrogen-bond donors (Lipinski definition) is 0. The molecule has 0 radical (unpaired) electrons. The zero-order valence-electron chi connectivity index (χ0n) is 10.3. The molecular formula is C13H10BrFN2O3. The topological polar surface area (TPSA) is 53.5 Å². The molecule has 1 aliphatic heterocycles. The highest BCUT2D eigenvalue weighted by molar-refractivity contribution is 9.10. The van der Waals surface area contributed by atoms with Crippen molar-refractivity contribution in [3.05, 3.63) is 46.4 Å². The van der Waals surface area contributed by atoms with Gasteiger partial charge in [0, 0.05) is 16.9 Å². The van der Waals surface area contributed by atoms with Crippen LogP contribution < -0.4 is 4.74 Å². The molecule has 7 heteroatoms. The zero-order chi connectivity index (χ0) is 13.9. The maximum Gasteiger partial charge on any atom is 0.321 e. The molecule has 1 aromatic heterocycles. The molecule has 0 amide bonds. The van der Waals surface area contributed by atoms with Gasteiger partial charge in [-0.3, -0.25) is 0 Å². The van der Waals surface area contributed by atoms with Crippen molar-refractivity contribution in [3.8, 4) is 11.8 Å². The van der Waals surface area contributed by atoms with E-state index < -0.39 is 12.1 Å². The highest BCUT2D eigenvalue weighted by Crippen LogP contribution is 2.36. The Hall–Kier alpha value is -1.57. The molecule has 2 aromatic rings. The fourth-order valence-electron chi connectivity index (χ4n) is 1.81. The molecule has 1 fully saturated rings. The number of halogens is 2. The Balaban J connectivity index is 1.94. The first kappa shape index (κ1) is 13.4. The van der Waals surface area contributed by atoms with Gasteiger partial charge in [-0.2, -0.15) is 0 Å². The first-order valence-corrected chi connectivity index (χ1v) is 6.71. The fourth-order valence-corrected chi connectivity index (χ4v) is 2.30. The van der Waals surface area contributed by atoms with Crippen LogP contribution in [-0.2, 0) is 9.47 Å². The Morgan fingerprint density at radius 1 is 1.20 bits per heavy atom. The molecule has 0 saturated carbocycles. The number of hydrogen-bond acceptors (Lipinski definition) is 5. The number of benzene rings is 1. The lowest BCUT2D eigenvalue weighted by molar-refractivity contribution is -0.0472. The number of aromatic nitrogens is 2. The second-order valence-electron chi connectivity index (χ2n) is 3.98. The van der Waals surface area contributed by atoms with Gasteiger partial charge in [-0.15, -0.1) is 0 Å². The van der Waals surface area contributed by atoms with Crippen molar-refractivity contribution in [2.24, 2.45) is 0 Å². The summed E-state index contributed by atoms with van der Waals surface area (Å²) in [6.45, 7) is 0.868. The third-order valence-corrected chi connectivity index (χ3v) is 3.38. The number of ether oxygens (including phenoxy) is 3. The Bertz CT molecular complexity index is 606. The molecule has 2 heterocycles. The van der Waals surface area contributed by atoms with E-state index in [9.17, 15) is 4.39 Å². The monoisotopic (exact) mass is 340 g/mol. The number of rotatable bonds is 3. The fraction of sp³-hybridized carbons (Fsp3) is 0.231. The molecule has 1 aromatic carbocycles. The first-order chi connectivity index (χ1) is 9.75. The van der Waals surface area contributed by atoms with Gasteiger partial charge in [0.05, 0.1) is 18.8 Å². The summed E-state index contributed by atoms with van der Waals surface area (Å²) in [7, 11) is 0. The quantitative estimate of drug-likeness (QED) is 0.858. The van der Waals surface area contributed by atoms with E-state index >= 15 is 0 Å². The molecule has 0 unspecified atom stereocenters. The van der Waals surface area contributed by atoms with Crippen molar-refractivity contribution in [1.29, 1.82) is 0 Å². The van der Waals surface area contributed by atoms with Gasteiger partial charge in [0.1, 0.15) is 0 Å². The van der Waals surface area contributed by atoms with Crippen molar-refractivity contribution in [2.75, 3.05) is 13.2 Å². The van der Waals surface area contributed by atoms with Crippen molar-refractivity contribution in [2.45, 2.75) is 6.29 Å². The third kappa shape index (κ3) is 2.65. The summed E-state index contributed by atoms with van der Waals surface area (Å²) in [5.41, 5.74) is 0.274. The van der Waals surface area contributed by atoms with Crippen LogP contribution in [0.25, 0.3) is 0 Å². The molecule has 20 heavy (non-hydrogen) atoms. The molecule has 5 nitrogen and oxygen atoms in total. The van der Waals surface area contributed by atoms with Gasteiger partial charge < -0.3 is 14.2 Å². The summed E-state index contributed by atoms with van der Waals surface area (Å²) >= 11 is 3.29. The van der Waals surface area contributed by atoms with E-state index in [0.717, 1.165) is 0 Å². The van der Waals surface area contributed by atoms with Gasteiger partial charge >= 0.3 is 6.01 Å². The van der Waals surface area contributed by atoms with E-state index in [1.165, 1.54) is 18.5 Å². The van der Waals surface area contributed by atoms with Crippen LogP contribution in [0.3, 0.4) is 0 Å². The minimum Gasteiger partial charge on any atom is -0.421 e. The van der Waals surface area contributed by atoms with Crippen LogP contribution in [0.4, 0.5) is 4.39 Å². The van der Waals surface area contributed by atoms with Crippen molar-refractivity contribution < 1.29 is 18.6 Å². The summed E-state index contributed by atoms with van der Waals surface area (Å²) in [6.07, 6.45) is 2.30. The van der Waals surface area contributed by atoms with Gasteiger partial charge in [-0.1, -0.05) is 15.9 Å². The van der Waals surface area contributed by atoms with Crippen LogP contribution >= 0.6 is 15.9 Å². The average Bonchev–Trinajstić information content (AvgIpc) is 2.97. The Morgan fingerprint density at radius 2 is 1.90 bits per heavy atom. The second-order valence-corrected chi connectivity index (χ2v) is 4.83. The Labute approximate surface area is 122 Å². The summed E-state index contributed by atoms with van der Waals surface area (Å²) in [5, 5.41) is 0. The minimum atomic E-state index is -0.732. The van der Waals surface area contributed by atoms with Crippen LogP contribution in [0.1, 0.15) is 11.9 Å².